The molecule has 0 aliphatic rings. The van der Waals surface area contributed by atoms with Crippen LogP contribution in [0.3, 0.4) is 0 Å². The van der Waals surface area contributed by atoms with Gasteiger partial charge in [0.15, 0.2) is 0 Å². The van der Waals surface area contributed by atoms with Gasteiger partial charge in [-0.25, -0.2) is 4.39 Å². The molecule has 0 aliphatic carbocycles. The summed E-state index contributed by atoms with van der Waals surface area (Å²) in [5.41, 5.74) is 7.32. The Balaban J connectivity index is 2.23. The highest BCUT2D eigenvalue weighted by molar-refractivity contribution is 5.94. The van der Waals surface area contributed by atoms with Gasteiger partial charge in [-0.05, 0) is 31.2 Å². The minimum atomic E-state index is -0.642. The van der Waals surface area contributed by atoms with Crippen molar-refractivity contribution in [1.82, 2.24) is 4.98 Å². The third-order valence-electron chi connectivity index (χ3n) is 2.76. The van der Waals surface area contributed by atoms with E-state index in [4.69, 9.17) is 5.73 Å². The van der Waals surface area contributed by atoms with Gasteiger partial charge in [0.2, 0.25) is 5.91 Å². The maximum Gasteiger partial charge on any atom is 0.248 e. The maximum atomic E-state index is 13.6. The van der Waals surface area contributed by atoms with E-state index in [1.165, 1.54) is 0 Å². The highest BCUT2D eigenvalue weighted by Crippen LogP contribution is 2.21. The topological polar surface area (TPSA) is 70.9 Å². The molecule has 0 saturated carbocycles. The van der Waals surface area contributed by atoms with E-state index in [1.54, 1.807) is 13.0 Å². The molecule has 1 aromatic heterocycles. The van der Waals surface area contributed by atoms with Gasteiger partial charge >= 0.3 is 0 Å². The minimum absolute atomic E-state index is 0.159. The number of aromatic amines is 1. The first kappa shape index (κ1) is 12.2. The molecule has 0 fully saturated rings. The van der Waals surface area contributed by atoms with E-state index < -0.39 is 11.7 Å². The van der Waals surface area contributed by atoms with Gasteiger partial charge in [0.05, 0.1) is 6.54 Å². The average Bonchev–Trinajstić information content (AvgIpc) is 2.83. The van der Waals surface area contributed by atoms with Crippen LogP contribution in [0.2, 0.25) is 0 Å². The van der Waals surface area contributed by atoms with Crippen LogP contribution < -0.4 is 11.1 Å². The molecule has 1 aromatic carbocycles. The first-order valence-electron chi connectivity index (χ1n) is 5.54. The lowest BCUT2D eigenvalue weighted by Crippen LogP contribution is -2.13. The summed E-state index contributed by atoms with van der Waals surface area (Å²) in [6.07, 6.45) is 1.81. The van der Waals surface area contributed by atoms with Crippen LogP contribution in [0.1, 0.15) is 21.6 Å². The molecule has 0 radical (unpaired) electrons. The Morgan fingerprint density at radius 3 is 2.89 bits per heavy atom. The number of amides is 1. The van der Waals surface area contributed by atoms with Gasteiger partial charge in [-0.3, -0.25) is 4.79 Å². The highest BCUT2D eigenvalue weighted by Gasteiger charge is 2.10. The molecule has 1 heterocycles. The van der Waals surface area contributed by atoms with Crippen LogP contribution in [0.4, 0.5) is 10.1 Å². The second-order valence-corrected chi connectivity index (χ2v) is 4.04. The first-order chi connectivity index (χ1) is 8.58. The van der Waals surface area contributed by atoms with Crippen LogP contribution in [0.15, 0.2) is 30.5 Å². The zero-order valence-electron chi connectivity index (χ0n) is 9.96. The van der Waals surface area contributed by atoms with Gasteiger partial charge < -0.3 is 16.0 Å². The summed E-state index contributed by atoms with van der Waals surface area (Å²) in [6.45, 7) is 2.17. The van der Waals surface area contributed by atoms with Crippen LogP contribution in [0, 0.1) is 12.7 Å². The molecular formula is C13H14FN3O. The fourth-order valence-electron chi connectivity index (χ4n) is 1.67. The molecule has 0 unspecified atom stereocenters. The second kappa shape index (κ2) is 4.91. The lowest BCUT2D eigenvalue weighted by Gasteiger charge is -2.11. The number of rotatable bonds is 4. The van der Waals surface area contributed by atoms with E-state index in [0.29, 0.717) is 17.8 Å². The highest BCUT2D eigenvalue weighted by atomic mass is 19.1. The predicted octanol–water partition coefficient (Wildman–Crippen LogP) is 2.17. The molecule has 4 nitrogen and oxygen atoms in total. The molecule has 0 spiro atoms. The molecule has 1 amide bonds. The molecule has 18 heavy (non-hydrogen) atoms. The Hall–Kier alpha value is -2.30. The third-order valence-corrected chi connectivity index (χ3v) is 2.76. The number of benzene rings is 1. The third kappa shape index (κ3) is 2.51. The molecule has 94 valence electrons. The largest absolute Gasteiger partial charge is 0.379 e. The predicted molar refractivity (Wildman–Crippen MR) is 67.8 cm³/mol. The van der Waals surface area contributed by atoms with Crippen molar-refractivity contribution in [2.75, 3.05) is 5.32 Å². The summed E-state index contributed by atoms with van der Waals surface area (Å²) in [4.78, 5) is 14.1. The average molecular weight is 247 g/mol. The van der Waals surface area contributed by atoms with Gasteiger partial charge in [0, 0.05) is 28.7 Å². The van der Waals surface area contributed by atoms with E-state index >= 15 is 0 Å². The summed E-state index contributed by atoms with van der Waals surface area (Å²) in [5, 5.41) is 3.07. The quantitative estimate of drug-likeness (QED) is 0.774. The Bertz CT molecular complexity index is 564. The van der Waals surface area contributed by atoms with Gasteiger partial charge in [0.1, 0.15) is 5.82 Å². The molecule has 2 aromatic rings. The summed E-state index contributed by atoms with van der Waals surface area (Å²) < 4.78 is 13.6. The number of halogens is 1. The molecule has 0 bridgehead atoms. The van der Waals surface area contributed by atoms with Crippen molar-refractivity contribution >= 4 is 11.6 Å². The molecule has 4 N–H and O–H groups in total. The van der Waals surface area contributed by atoms with Crippen molar-refractivity contribution in [3.63, 3.8) is 0 Å². The number of aromatic nitrogens is 1. The number of anilines is 1. The smallest absolute Gasteiger partial charge is 0.248 e. The van der Waals surface area contributed by atoms with E-state index in [1.807, 2.05) is 18.3 Å². The van der Waals surface area contributed by atoms with E-state index in [0.717, 1.165) is 11.8 Å². The van der Waals surface area contributed by atoms with Gasteiger partial charge in [0.25, 0.3) is 0 Å². The summed E-state index contributed by atoms with van der Waals surface area (Å²) in [7, 11) is 0. The van der Waals surface area contributed by atoms with Gasteiger partial charge in [-0.2, -0.15) is 0 Å². The van der Waals surface area contributed by atoms with Crippen molar-refractivity contribution in [1.29, 1.82) is 0 Å². The Morgan fingerprint density at radius 2 is 2.28 bits per heavy atom. The molecule has 5 heteroatoms. The minimum Gasteiger partial charge on any atom is -0.379 e. The SMILES string of the molecule is Cc1c(F)cc(C(N)=O)cc1NCc1ccc[nH]1. The number of carbonyl (C=O) groups excluding carboxylic acids is 1. The molecule has 0 atom stereocenters. The summed E-state index contributed by atoms with van der Waals surface area (Å²) in [6, 6.07) is 6.50. The Morgan fingerprint density at radius 1 is 1.50 bits per heavy atom. The molecule has 2 rings (SSSR count). The number of H-pyrrole nitrogens is 1. The van der Waals surface area contributed by atoms with E-state index in [-0.39, 0.29) is 5.56 Å². The van der Waals surface area contributed by atoms with Crippen molar-refractivity contribution < 1.29 is 9.18 Å². The molecule has 0 aliphatic heterocycles. The summed E-state index contributed by atoms with van der Waals surface area (Å²) in [5.74, 6) is -1.09. The molecule has 0 saturated heterocycles. The number of carbonyl (C=O) groups is 1. The fraction of sp³-hybridized carbons (Fsp3) is 0.154. The number of hydrogen-bond donors (Lipinski definition) is 3. The second-order valence-electron chi connectivity index (χ2n) is 4.04. The normalized spacial score (nSPS) is 10.3. The monoisotopic (exact) mass is 247 g/mol. The van der Waals surface area contributed by atoms with Crippen LogP contribution in [0.25, 0.3) is 0 Å². The Labute approximate surface area is 104 Å². The van der Waals surface area contributed by atoms with Crippen molar-refractivity contribution in [2.24, 2.45) is 5.73 Å². The van der Waals surface area contributed by atoms with Crippen LogP contribution in [-0.2, 0) is 6.54 Å². The standard InChI is InChI=1S/C13H14FN3O/c1-8-11(14)5-9(13(15)18)6-12(8)17-7-10-3-2-4-16-10/h2-6,16-17H,7H2,1H3,(H2,15,18). The zero-order valence-corrected chi connectivity index (χ0v) is 9.96. The maximum absolute atomic E-state index is 13.6. The van der Waals surface area contributed by atoms with Crippen molar-refractivity contribution in [3.05, 3.63) is 53.1 Å². The van der Waals surface area contributed by atoms with E-state index in [9.17, 15) is 9.18 Å². The van der Waals surface area contributed by atoms with Crippen molar-refractivity contribution in [3.8, 4) is 0 Å². The fourth-order valence-corrected chi connectivity index (χ4v) is 1.67. The van der Waals surface area contributed by atoms with Crippen molar-refractivity contribution in [2.45, 2.75) is 13.5 Å². The zero-order chi connectivity index (χ0) is 13.1. The van der Waals surface area contributed by atoms with Gasteiger partial charge in [-0.1, -0.05) is 0 Å². The summed E-state index contributed by atoms with van der Waals surface area (Å²) >= 11 is 0. The Kier molecular flexibility index (Phi) is 3.32. The number of nitrogens with two attached hydrogens (primary N) is 1. The lowest BCUT2D eigenvalue weighted by molar-refractivity contribution is 0.1000. The number of hydrogen-bond acceptors (Lipinski definition) is 2. The number of nitrogens with one attached hydrogen (secondary N) is 2. The van der Waals surface area contributed by atoms with Crippen LogP contribution in [-0.4, -0.2) is 10.9 Å². The van der Waals surface area contributed by atoms with Crippen LogP contribution in [0.5, 0.6) is 0 Å². The first-order valence-corrected chi connectivity index (χ1v) is 5.54. The van der Waals surface area contributed by atoms with Gasteiger partial charge in [-0.15, -0.1) is 0 Å². The lowest BCUT2D eigenvalue weighted by atomic mass is 10.1. The molecular weight excluding hydrogens is 233 g/mol. The van der Waals surface area contributed by atoms with E-state index in [2.05, 4.69) is 10.3 Å². The number of primary amides is 1. The van der Waals surface area contributed by atoms with Crippen LogP contribution >= 0.6 is 0 Å².